The van der Waals surface area contributed by atoms with E-state index in [1.165, 1.54) is 12.8 Å². The minimum atomic E-state index is -0.0949. The Balaban J connectivity index is 2.62. The Morgan fingerprint density at radius 2 is 1.94 bits per heavy atom. The highest BCUT2D eigenvalue weighted by Gasteiger charge is 2.39. The van der Waals surface area contributed by atoms with Crippen molar-refractivity contribution < 1.29 is 4.79 Å². The monoisotopic (exact) mass is 226 g/mol. The Morgan fingerprint density at radius 1 is 1.38 bits per heavy atom. The van der Waals surface area contributed by atoms with Gasteiger partial charge in [0.15, 0.2) is 0 Å². The van der Waals surface area contributed by atoms with Gasteiger partial charge in [-0.15, -0.1) is 0 Å². The SMILES string of the molecule is CCC1(C(=O)NC(CN)C(C)C)CCCC1. The Labute approximate surface area is 99.2 Å². The Hall–Kier alpha value is -0.570. The molecule has 1 aliphatic carbocycles. The van der Waals surface area contributed by atoms with E-state index in [2.05, 4.69) is 26.1 Å². The van der Waals surface area contributed by atoms with E-state index in [9.17, 15) is 4.79 Å². The lowest BCUT2D eigenvalue weighted by Gasteiger charge is -2.30. The molecule has 16 heavy (non-hydrogen) atoms. The van der Waals surface area contributed by atoms with Gasteiger partial charge in [0.2, 0.25) is 5.91 Å². The lowest BCUT2D eigenvalue weighted by molar-refractivity contribution is -0.132. The zero-order chi connectivity index (χ0) is 12.2. The highest BCUT2D eigenvalue weighted by molar-refractivity contribution is 5.83. The van der Waals surface area contributed by atoms with Gasteiger partial charge in [0, 0.05) is 18.0 Å². The smallest absolute Gasteiger partial charge is 0.226 e. The first-order chi connectivity index (χ1) is 7.55. The number of carbonyl (C=O) groups excluding carboxylic acids is 1. The highest BCUT2D eigenvalue weighted by atomic mass is 16.2. The second-order valence-electron chi connectivity index (χ2n) is 5.40. The minimum Gasteiger partial charge on any atom is -0.351 e. The summed E-state index contributed by atoms with van der Waals surface area (Å²) in [6.45, 7) is 6.86. The Bertz CT molecular complexity index is 232. The van der Waals surface area contributed by atoms with Gasteiger partial charge < -0.3 is 11.1 Å². The van der Waals surface area contributed by atoms with Gasteiger partial charge in [0.1, 0.15) is 0 Å². The molecule has 1 unspecified atom stereocenters. The van der Waals surface area contributed by atoms with Crippen LogP contribution in [-0.4, -0.2) is 18.5 Å². The van der Waals surface area contributed by atoms with Crippen molar-refractivity contribution in [2.24, 2.45) is 17.1 Å². The van der Waals surface area contributed by atoms with Crippen LogP contribution in [0.25, 0.3) is 0 Å². The molecule has 3 N–H and O–H groups in total. The van der Waals surface area contributed by atoms with E-state index in [0.717, 1.165) is 19.3 Å². The van der Waals surface area contributed by atoms with Crippen LogP contribution in [0.4, 0.5) is 0 Å². The van der Waals surface area contributed by atoms with Crippen LogP contribution in [-0.2, 0) is 4.79 Å². The van der Waals surface area contributed by atoms with Gasteiger partial charge in [0.05, 0.1) is 0 Å². The van der Waals surface area contributed by atoms with Gasteiger partial charge in [-0.1, -0.05) is 33.6 Å². The number of hydrogen-bond donors (Lipinski definition) is 2. The van der Waals surface area contributed by atoms with Crippen molar-refractivity contribution in [3.05, 3.63) is 0 Å². The van der Waals surface area contributed by atoms with Crippen molar-refractivity contribution in [3.8, 4) is 0 Å². The maximum Gasteiger partial charge on any atom is 0.226 e. The van der Waals surface area contributed by atoms with E-state index in [4.69, 9.17) is 5.73 Å². The quantitative estimate of drug-likeness (QED) is 0.754. The number of nitrogens with two attached hydrogens (primary N) is 1. The largest absolute Gasteiger partial charge is 0.351 e. The average Bonchev–Trinajstić information content (AvgIpc) is 2.74. The molecule has 0 saturated heterocycles. The molecule has 0 aromatic carbocycles. The van der Waals surface area contributed by atoms with Gasteiger partial charge in [-0.3, -0.25) is 4.79 Å². The van der Waals surface area contributed by atoms with Gasteiger partial charge in [-0.05, 0) is 25.2 Å². The molecular weight excluding hydrogens is 200 g/mol. The normalized spacial score (nSPS) is 21.1. The standard InChI is InChI=1S/C13H26N2O/c1-4-13(7-5-6-8-13)12(16)15-11(9-14)10(2)3/h10-11H,4-9,14H2,1-3H3,(H,15,16). The van der Waals surface area contributed by atoms with Crippen LogP contribution in [0.5, 0.6) is 0 Å². The van der Waals surface area contributed by atoms with Crippen LogP contribution < -0.4 is 11.1 Å². The van der Waals surface area contributed by atoms with Crippen LogP contribution in [0.1, 0.15) is 52.9 Å². The summed E-state index contributed by atoms with van der Waals surface area (Å²) in [5, 5.41) is 3.14. The number of rotatable bonds is 5. The van der Waals surface area contributed by atoms with E-state index in [0.29, 0.717) is 12.5 Å². The molecule has 0 spiro atoms. The van der Waals surface area contributed by atoms with Crippen molar-refractivity contribution in [3.63, 3.8) is 0 Å². The van der Waals surface area contributed by atoms with Gasteiger partial charge in [-0.25, -0.2) is 0 Å². The van der Waals surface area contributed by atoms with Crippen molar-refractivity contribution in [1.82, 2.24) is 5.32 Å². The second-order valence-corrected chi connectivity index (χ2v) is 5.40. The van der Waals surface area contributed by atoms with E-state index in [-0.39, 0.29) is 17.4 Å². The van der Waals surface area contributed by atoms with Crippen LogP contribution >= 0.6 is 0 Å². The molecule has 1 aliphatic rings. The van der Waals surface area contributed by atoms with Crippen LogP contribution in [0, 0.1) is 11.3 Å². The molecule has 3 heteroatoms. The van der Waals surface area contributed by atoms with Crippen molar-refractivity contribution in [1.29, 1.82) is 0 Å². The molecule has 0 heterocycles. The summed E-state index contributed by atoms with van der Waals surface area (Å²) in [6, 6.07) is 0.122. The molecule has 94 valence electrons. The number of amides is 1. The predicted octanol–water partition coefficient (Wildman–Crippen LogP) is 2.06. The molecule has 0 aliphatic heterocycles. The van der Waals surface area contributed by atoms with E-state index >= 15 is 0 Å². The van der Waals surface area contributed by atoms with Gasteiger partial charge in [-0.2, -0.15) is 0 Å². The summed E-state index contributed by atoms with van der Waals surface area (Å²) in [5.74, 6) is 0.640. The summed E-state index contributed by atoms with van der Waals surface area (Å²) >= 11 is 0. The topological polar surface area (TPSA) is 55.1 Å². The molecule has 0 aromatic heterocycles. The molecule has 0 radical (unpaired) electrons. The number of carbonyl (C=O) groups is 1. The Kier molecular flexibility index (Phi) is 4.78. The first-order valence-electron chi connectivity index (χ1n) is 6.57. The van der Waals surface area contributed by atoms with Crippen molar-refractivity contribution in [2.75, 3.05) is 6.54 Å². The molecule has 0 aromatic rings. The maximum atomic E-state index is 12.3. The molecule has 0 bridgehead atoms. The average molecular weight is 226 g/mol. The summed E-state index contributed by atoms with van der Waals surface area (Å²) in [6.07, 6.45) is 5.43. The molecular formula is C13H26N2O. The zero-order valence-electron chi connectivity index (χ0n) is 10.9. The molecule has 1 atom stereocenters. The first kappa shape index (κ1) is 13.5. The lowest BCUT2D eigenvalue weighted by atomic mass is 9.82. The van der Waals surface area contributed by atoms with Crippen LogP contribution in [0.3, 0.4) is 0 Å². The summed E-state index contributed by atoms with van der Waals surface area (Å²) in [4.78, 5) is 12.3. The molecule has 1 rings (SSSR count). The van der Waals surface area contributed by atoms with Crippen molar-refractivity contribution >= 4 is 5.91 Å². The van der Waals surface area contributed by atoms with Gasteiger partial charge >= 0.3 is 0 Å². The van der Waals surface area contributed by atoms with Gasteiger partial charge in [0.25, 0.3) is 0 Å². The van der Waals surface area contributed by atoms with E-state index < -0.39 is 0 Å². The number of hydrogen-bond acceptors (Lipinski definition) is 2. The second kappa shape index (κ2) is 5.67. The zero-order valence-corrected chi connectivity index (χ0v) is 10.9. The molecule has 1 fully saturated rings. The third-order valence-electron chi connectivity index (χ3n) is 4.09. The van der Waals surface area contributed by atoms with E-state index in [1.54, 1.807) is 0 Å². The summed E-state index contributed by atoms with van der Waals surface area (Å²) < 4.78 is 0. The first-order valence-corrected chi connectivity index (χ1v) is 6.57. The summed E-state index contributed by atoms with van der Waals surface area (Å²) in [5.41, 5.74) is 5.60. The van der Waals surface area contributed by atoms with E-state index in [1.807, 2.05) is 0 Å². The fourth-order valence-corrected chi connectivity index (χ4v) is 2.61. The third kappa shape index (κ3) is 2.76. The van der Waals surface area contributed by atoms with Crippen LogP contribution in [0.2, 0.25) is 0 Å². The fraction of sp³-hybridized carbons (Fsp3) is 0.923. The third-order valence-corrected chi connectivity index (χ3v) is 4.09. The molecule has 3 nitrogen and oxygen atoms in total. The molecule has 1 amide bonds. The number of nitrogens with one attached hydrogen (secondary N) is 1. The minimum absolute atomic E-state index is 0.0949. The van der Waals surface area contributed by atoms with Crippen molar-refractivity contribution in [2.45, 2.75) is 58.9 Å². The van der Waals surface area contributed by atoms with Crippen LogP contribution in [0.15, 0.2) is 0 Å². The Morgan fingerprint density at radius 3 is 2.31 bits per heavy atom. The lowest BCUT2D eigenvalue weighted by Crippen LogP contribution is -2.49. The highest BCUT2D eigenvalue weighted by Crippen LogP contribution is 2.41. The maximum absolute atomic E-state index is 12.3. The predicted molar refractivity (Wildman–Crippen MR) is 67.0 cm³/mol. The molecule has 1 saturated carbocycles. The fourth-order valence-electron chi connectivity index (χ4n) is 2.61. The summed E-state index contributed by atoms with van der Waals surface area (Å²) in [7, 11) is 0.